The lowest BCUT2D eigenvalue weighted by atomic mass is 10.1. The van der Waals surface area contributed by atoms with Gasteiger partial charge in [0.15, 0.2) is 0 Å². The number of amides is 1. The van der Waals surface area contributed by atoms with E-state index in [0.29, 0.717) is 28.9 Å². The zero-order valence-corrected chi connectivity index (χ0v) is 11.1. The van der Waals surface area contributed by atoms with Crippen molar-refractivity contribution in [2.75, 3.05) is 19.5 Å². The molecule has 0 aliphatic carbocycles. The van der Waals surface area contributed by atoms with Gasteiger partial charge in [-0.15, -0.1) is 11.6 Å². The maximum absolute atomic E-state index is 11.7. The molecule has 1 aromatic carbocycles. The molecule has 0 bridgehead atoms. The SMILES string of the molecule is CN(CCCl)C(=O)Cc1ccc(Cl)c(Cl)c1. The Bertz CT molecular complexity index is 381. The van der Waals surface area contributed by atoms with Crippen molar-refractivity contribution in [3.05, 3.63) is 33.8 Å². The van der Waals surface area contributed by atoms with Gasteiger partial charge in [-0.05, 0) is 17.7 Å². The molecule has 0 saturated heterocycles. The largest absolute Gasteiger partial charge is 0.344 e. The van der Waals surface area contributed by atoms with Crippen LogP contribution in [0.5, 0.6) is 0 Å². The number of likely N-dealkylation sites (N-methyl/N-ethyl adjacent to an activating group) is 1. The molecule has 0 radical (unpaired) electrons. The molecule has 0 spiro atoms. The first-order valence-electron chi connectivity index (χ1n) is 4.78. The van der Waals surface area contributed by atoms with Crippen LogP contribution in [0.3, 0.4) is 0 Å². The number of carbonyl (C=O) groups excluding carboxylic acids is 1. The highest BCUT2D eigenvalue weighted by Crippen LogP contribution is 2.22. The Morgan fingerprint density at radius 2 is 2.00 bits per heavy atom. The van der Waals surface area contributed by atoms with Crippen LogP contribution in [0.4, 0.5) is 0 Å². The third-order valence-corrected chi connectivity index (χ3v) is 3.09. The van der Waals surface area contributed by atoms with Gasteiger partial charge in [-0.2, -0.15) is 0 Å². The number of alkyl halides is 1. The summed E-state index contributed by atoms with van der Waals surface area (Å²) in [6, 6.07) is 5.19. The van der Waals surface area contributed by atoms with Gasteiger partial charge in [0.2, 0.25) is 5.91 Å². The summed E-state index contributed by atoms with van der Waals surface area (Å²) in [6.07, 6.45) is 0.310. The number of benzene rings is 1. The lowest BCUT2D eigenvalue weighted by Crippen LogP contribution is -2.29. The van der Waals surface area contributed by atoms with E-state index in [2.05, 4.69) is 0 Å². The third kappa shape index (κ3) is 3.85. The van der Waals surface area contributed by atoms with Gasteiger partial charge >= 0.3 is 0 Å². The van der Waals surface area contributed by atoms with Crippen LogP contribution >= 0.6 is 34.8 Å². The summed E-state index contributed by atoms with van der Waals surface area (Å²) in [7, 11) is 1.72. The Hall–Kier alpha value is -0.440. The molecule has 88 valence electrons. The lowest BCUT2D eigenvalue weighted by Gasteiger charge is -2.15. The fourth-order valence-electron chi connectivity index (χ4n) is 1.21. The normalized spacial score (nSPS) is 10.2. The molecule has 2 nitrogen and oxygen atoms in total. The fraction of sp³-hybridized carbons (Fsp3) is 0.364. The van der Waals surface area contributed by atoms with Gasteiger partial charge in [-0.1, -0.05) is 29.3 Å². The van der Waals surface area contributed by atoms with E-state index in [-0.39, 0.29) is 5.91 Å². The highest BCUT2D eigenvalue weighted by Gasteiger charge is 2.09. The van der Waals surface area contributed by atoms with Crippen molar-refractivity contribution in [2.45, 2.75) is 6.42 Å². The summed E-state index contributed by atoms with van der Waals surface area (Å²) >= 11 is 17.2. The van der Waals surface area contributed by atoms with Crippen LogP contribution in [-0.4, -0.2) is 30.3 Å². The maximum Gasteiger partial charge on any atom is 0.226 e. The smallest absolute Gasteiger partial charge is 0.226 e. The van der Waals surface area contributed by atoms with Crippen molar-refractivity contribution in [3.63, 3.8) is 0 Å². The monoisotopic (exact) mass is 279 g/mol. The molecule has 0 atom stereocenters. The predicted molar refractivity (Wildman–Crippen MR) is 68.5 cm³/mol. The molecule has 0 heterocycles. The summed E-state index contributed by atoms with van der Waals surface area (Å²) in [5.41, 5.74) is 0.848. The van der Waals surface area contributed by atoms with Gasteiger partial charge in [0.1, 0.15) is 0 Å². The fourth-order valence-corrected chi connectivity index (χ4v) is 1.78. The Balaban J connectivity index is 2.66. The molecule has 1 rings (SSSR count). The first kappa shape index (κ1) is 13.6. The molecule has 5 heteroatoms. The molecule has 0 fully saturated rings. The van der Waals surface area contributed by atoms with Gasteiger partial charge in [0.05, 0.1) is 16.5 Å². The summed E-state index contributed by atoms with van der Waals surface area (Å²) in [4.78, 5) is 13.3. The highest BCUT2D eigenvalue weighted by atomic mass is 35.5. The van der Waals surface area contributed by atoms with Crippen LogP contribution in [-0.2, 0) is 11.2 Å². The van der Waals surface area contributed by atoms with Crippen LogP contribution in [0.15, 0.2) is 18.2 Å². The Labute approximate surface area is 110 Å². The molecule has 16 heavy (non-hydrogen) atoms. The summed E-state index contributed by atoms with van der Waals surface area (Å²) in [6.45, 7) is 0.543. The molecular weight excluding hydrogens is 268 g/mol. The standard InChI is InChI=1S/C11H12Cl3NO/c1-15(5-4-12)11(16)7-8-2-3-9(13)10(14)6-8/h2-3,6H,4-5,7H2,1H3. The van der Waals surface area contributed by atoms with E-state index in [1.165, 1.54) is 0 Å². The first-order valence-corrected chi connectivity index (χ1v) is 6.07. The van der Waals surface area contributed by atoms with Crippen LogP contribution in [0, 0.1) is 0 Å². The molecule has 0 unspecified atom stereocenters. The Morgan fingerprint density at radius 3 is 2.56 bits per heavy atom. The van der Waals surface area contributed by atoms with E-state index < -0.39 is 0 Å². The third-order valence-electron chi connectivity index (χ3n) is 2.19. The van der Waals surface area contributed by atoms with Crippen molar-refractivity contribution >= 4 is 40.7 Å². The van der Waals surface area contributed by atoms with E-state index in [1.54, 1.807) is 30.1 Å². The average Bonchev–Trinajstić information content (AvgIpc) is 2.24. The first-order chi connectivity index (χ1) is 7.54. The number of rotatable bonds is 4. The summed E-state index contributed by atoms with van der Waals surface area (Å²) < 4.78 is 0. The van der Waals surface area contributed by atoms with E-state index in [1.807, 2.05) is 0 Å². The van der Waals surface area contributed by atoms with Crippen LogP contribution < -0.4 is 0 Å². The number of carbonyl (C=O) groups is 1. The maximum atomic E-state index is 11.7. The number of halogens is 3. The topological polar surface area (TPSA) is 20.3 Å². The minimum absolute atomic E-state index is 0.0130. The predicted octanol–water partition coefficient (Wildman–Crippen LogP) is 3.23. The van der Waals surface area contributed by atoms with Crippen molar-refractivity contribution in [2.24, 2.45) is 0 Å². The van der Waals surface area contributed by atoms with Gasteiger partial charge in [-0.25, -0.2) is 0 Å². The average molecular weight is 281 g/mol. The number of hydrogen-bond acceptors (Lipinski definition) is 1. The van der Waals surface area contributed by atoms with E-state index >= 15 is 0 Å². The summed E-state index contributed by atoms with van der Waals surface area (Å²) in [5, 5.41) is 0.957. The zero-order valence-electron chi connectivity index (χ0n) is 8.84. The Kier molecular flexibility index (Phi) is 5.39. The van der Waals surface area contributed by atoms with Gasteiger partial charge in [0, 0.05) is 19.5 Å². The summed E-state index contributed by atoms with van der Waals surface area (Å²) in [5.74, 6) is 0.447. The van der Waals surface area contributed by atoms with E-state index in [0.717, 1.165) is 5.56 Å². The minimum atomic E-state index is 0.0130. The van der Waals surface area contributed by atoms with Crippen LogP contribution in [0.25, 0.3) is 0 Å². The van der Waals surface area contributed by atoms with E-state index in [4.69, 9.17) is 34.8 Å². The molecule has 0 aromatic heterocycles. The van der Waals surface area contributed by atoms with Crippen molar-refractivity contribution < 1.29 is 4.79 Å². The van der Waals surface area contributed by atoms with Crippen molar-refractivity contribution in [3.8, 4) is 0 Å². The number of nitrogens with zero attached hydrogens (tertiary/aromatic N) is 1. The van der Waals surface area contributed by atoms with Crippen molar-refractivity contribution in [1.82, 2.24) is 4.90 Å². The second-order valence-electron chi connectivity index (χ2n) is 3.43. The van der Waals surface area contributed by atoms with Gasteiger partial charge in [0.25, 0.3) is 0 Å². The van der Waals surface area contributed by atoms with Gasteiger partial charge < -0.3 is 4.90 Å². The zero-order chi connectivity index (χ0) is 12.1. The highest BCUT2D eigenvalue weighted by molar-refractivity contribution is 6.42. The lowest BCUT2D eigenvalue weighted by molar-refractivity contribution is -0.128. The second-order valence-corrected chi connectivity index (χ2v) is 4.62. The molecule has 0 aliphatic rings. The van der Waals surface area contributed by atoms with Crippen molar-refractivity contribution in [1.29, 1.82) is 0 Å². The van der Waals surface area contributed by atoms with Crippen LogP contribution in [0.2, 0.25) is 10.0 Å². The minimum Gasteiger partial charge on any atom is -0.344 e. The quantitative estimate of drug-likeness (QED) is 0.776. The number of hydrogen-bond donors (Lipinski definition) is 0. The molecule has 0 saturated carbocycles. The molecular formula is C11H12Cl3NO. The molecule has 1 aromatic rings. The van der Waals surface area contributed by atoms with E-state index in [9.17, 15) is 4.79 Å². The second kappa shape index (κ2) is 6.33. The Morgan fingerprint density at radius 1 is 1.31 bits per heavy atom. The van der Waals surface area contributed by atoms with Crippen LogP contribution in [0.1, 0.15) is 5.56 Å². The molecule has 0 N–H and O–H groups in total. The molecule has 0 aliphatic heterocycles. The van der Waals surface area contributed by atoms with Gasteiger partial charge in [-0.3, -0.25) is 4.79 Å². The molecule has 1 amide bonds.